The fourth-order valence-corrected chi connectivity index (χ4v) is 2.25. The fraction of sp³-hybridized carbons (Fsp3) is 0.333. The summed E-state index contributed by atoms with van der Waals surface area (Å²) in [5.74, 6) is 0.00994. The number of aromatic nitrogens is 2. The summed E-state index contributed by atoms with van der Waals surface area (Å²) in [6.07, 6.45) is 3.31. The van der Waals surface area contributed by atoms with Gasteiger partial charge >= 0.3 is 0 Å². The van der Waals surface area contributed by atoms with Gasteiger partial charge in [-0.05, 0) is 17.7 Å². The maximum atomic E-state index is 11.6. The molecule has 1 amide bonds. The van der Waals surface area contributed by atoms with E-state index in [9.17, 15) is 9.90 Å². The van der Waals surface area contributed by atoms with Gasteiger partial charge in [0.1, 0.15) is 5.65 Å². The van der Waals surface area contributed by atoms with Gasteiger partial charge in [-0.2, -0.15) is 0 Å². The predicted octanol–water partition coefficient (Wildman–Crippen LogP) is 0.656. The number of pyridine rings is 1. The number of hydrogen-bond acceptors (Lipinski definition) is 3. The molecule has 5 heteroatoms. The van der Waals surface area contributed by atoms with Crippen molar-refractivity contribution < 1.29 is 9.90 Å². The van der Waals surface area contributed by atoms with E-state index in [1.54, 1.807) is 11.1 Å². The summed E-state index contributed by atoms with van der Waals surface area (Å²) in [4.78, 5) is 20.5. The second kappa shape index (κ2) is 3.85. The monoisotopic (exact) mass is 231 g/mol. The molecule has 0 aliphatic carbocycles. The summed E-state index contributed by atoms with van der Waals surface area (Å²) in [5.41, 5.74) is 1.87. The topological polar surface area (TPSA) is 69.2 Å². The molecule has 0 aromatic carbocycles. The number of hydrogen-bond donors (Lipinski definition) is 2. The molecule has 1 aliphatic heterocycles. The van der Waals surface area contributed by atoms with Crippen molar-refractivity contribution in [2.24, 2.45) is 0 Å². The van der Waals surface area contributed by atoms with Crippen molar-refractivity contribution in [1.82, 2.24) is 14.9 Å². The van der Waals surface area contributed by atoms with Crippen LogP contribution in [-0.2, 0) is 11.3 Å². The molecular formula is C12H13N3O2. The minimum absolute atomic E-state index is 0.00994. The summed E-state index contributed by atoms with van der Waals surface area (Å²) in [6, 6.07) is 3.85. The second-order valence-electron chi connectivity index (χ2n) is 4.35. The largest absolute Gasteiger partial charge is 0.391 e. The third-order valence-electron chi connectivity index (χ3n) is 3.09. The maximum Gasteiger partial charge on any atom is 0.225 e. The zero-order chi connectivity index (χ0) is 11.8. The average Bonchev–Trinajstić information content (AvgIpc) is 2.85. The lowest BCUT2D eigenvalue weighted by Gasteiger charge is -2.14. The molecule has 17 heavy (non-hydrogen) atoms. The molecule has 88 valence electrons. The zero-order valence-electron chi connectivity index (χ0n) is 9.26. The minimum Gasteiger partial charge on any atom is -0.391 e. The molecule has 0 spiro atoms. The van der Waals surface area contributed by atoms with Crippen LogP contribution in [0, 0.1) is 0 Å². The molecule has 1 aliphatic rings. The van der Waals surface area contributed by atoms with Crippen molar-refractivity contribution in [3.05, 3.63) is 30.1 Å². The smallest absolute Gasteiger partial charge is 0.225 e. The lowest BCUT2D eigenvalue weighted by Crippen LogP contribution is -2.25. The standard InChI is InChI=1S/C12H13N3O2/c16-9-4-11(17)15(7-9)6-8-5-14-12-10(8)2-1-3-13-12/h1-3,5,9,16H,4,6-7H2,(H,13,14). The third kappa shape index (κ3) is 1.78. The Morgan fingerprint density at radius 1 is 1.59 bits per heavy atom. The van der Waals surface area contributed by atoms with E-state index in [4.69, 9.17) is 0 Å². The van der Waals surface area contributed by atoms with Crippen LogP contribution < -0.4 is 0 Å². The number of aliphatic hydroxyl groups is 1. The highest BCUT2D eigenvalue weighted by molar-refractivity contribution is 5.82. The van der Waals surface area contributed by atoms with E-state index in [0.29, 0.717) is 13.1 Å². The minimum atomic E-state index is -0.522. The van der Waals surface area contributed by atoms with E-state index in [-0.39, 0.29) is 12.3 Å². The van der Waals surface area contributed by atoms with Gasteiger partial charge in [0.05, 0.1) is 12.5 Å². The van der Waals surface area contributed by atoms with E-state index in [0.717, 1.165) is 16.6 Å². The Hall–Kier alpha value is -1.88. The first kappa shape index (κ1) is 10.3. The number of likely N-dealkylation sites (tertiary alicyclic amines) is 1. The van der Waals surface area contributed by atoms with Gasteiger partial charge in [0, 0.05) is 30.9 Å². The van der Waals surface area contributed by atoms with Crippen LogP contribution in [0.3, 0.4) is 0 Å². The number of aliphatic hydroxyl groups excluding tert-OH is 1. The normalized spacial score (nSPS) is 20.4. The molecule has 3 rings (SSSR count). The van der Waals surface area contributed by atoms with Gasteiger partial charge in [0.25, 0.3) is 0 Å². The second-order valence-corrected chi connectivity index (χ2v) is 4.35. The van der Waals surface area contributed by atoms with Crippen LogP contribution in [0.1, 0.15) is 12.0 Å². The van der Waals surface area contributed by atoms with Gasteiger partial charge in [-0.25, -0.2) is 4.98 Å². The lowest BCUT2D eigenvalue weighted by molar-refractivity contribution is -0.128. The van der Waals surface area contributed by atoms with Gasteiger partial charge < -0.3 is 15.0 Å². The molecule has 2 aromatic rings. The van der Waals surface area contributed by atoms with Gasteiger partial charge in [-0.3, -0.25) is 4.79 Å². The van der Waals surface area contributed by atoms with E-state index in [1.807, 2.05) is 18.3 Å². The van der Waals surface area contributed by atoms with Crippen LogP contribution in [-0.4, -0.2) is 38.5 Å². The Morgan fingerprint density at radius 2 is 2.47 bits per heavy atom. The zero-order valence-corrected chi connectivity index (χ0v) is 9.26. The summed E-state index contributed by atoms with van der Waals surface area (Å²) in [7, 11) is 0. The van der Waals surface area contributed by atoms with Gasteiger partial charge in [-0.15, -0.1) is 0 Å². The predicted molar refractivity (Wildman–Crippen MR) is 62.1 cm³/mol. The van der Waals surface area contributed by atoms with E-state index in [2.05, 4.69) is 9.97 Å². The van der Waals surface area contributed by atoms with Gasteiger partial charge in [-0.1, -0.05) is 0 Å². The van der Waals surface area contributed by atoms with Crippen LogP contribution >= 0.6 is 0 Å². The highest BCUT2D eigenvalue weighted by atomic mass is 16.3. The molecule has 0 saturated carbocycles. The maximum absolute atomic E-state index is 11.6. The molecule has 3 heterocycles. The molecule has 1 unspecified atom stereocenters. The molecule has 1 saturated heterocycles. The molecule has 2 N–H and O–H groups in total. The summed E-state index contributed by atoms with van der Waals surface area (Å²) < 4.78 is 0. The third-order valence-corrected chi connectivity index (χ3v) is 3.09. The van der Waals surface area contributed by atoms with Crippen LogP contribution in [0.5, 0.6) is 0 Å². The Morgan fingerprint density at radius 3 is 3.24 bits per heavy atom. The SMILES string of the molecule is O=C1CC(O)CN1Cc1c[nH]c2ncccc12. The fourth-order valence-electron chi connectivity index (χ4n) is 2.25. The number of amides is 1. The number of rotatable bonds is 2. The van der Waals surface area contributed by atoms with Crippen molar-refractivity contribution >= 4 is 16.9 Å². The van der Waals surface area contributed by atoms with Crippen molar-refractivity contribution in [3.8, 4) is 0 Å². The van der Waals surface area contributed by atoms with Crippen molar-refractivity contribution in [2.45, 2.75) is 19.1 Å². The first-order valence-corrected chi connectivity index (χ1v) is 5.61. The number of nitrogens with zero attached hydrogens (tertiary/aromatic N) is 2. The Balaban J connectivity index is 1.88. The Bertz CT molecular complexity index is 564. The molecule has 5 nitrogen and oxygen atoms in total. The van der Waals surface area contributed by atoms with E-state index < -0.39 is 6.10 Å². The number of nitrogens with one attached hydrogen (secondary N) is 1. The van der Waals surface area contributed by atoms with Crippen LogP contribution in [0.2, 0.25) is 0 Å². The first-order chi connectivity index (χ1) is 8.24. The highest BCUT2D eigenvalue weighted by Gasteiger charge is 2.28. The van der Waals surface area contributed by atoms with Crippen LogP contribution in [0.15, 0.2) is 24.5 Å². The van der Waals surface area contributed by atoms with E-state index >= 15 is 0 Å². The van der Waals surface area contributed by atoms with Crippen molar-refractivity contribution in [1.29, 1.82) is 0 Å². The number of H-pyrrole nitrogens is 1. The van der Waals surface area contributed by atoms with Crippen molar-refractivity contribution in [2.75, 3.05) is 6.54 Å². The average molecular weight is 231 g/mol. The summed E-state index contributed by atoms with van der Waals surface area (Å²) in [6.45, 7) is 0.952. The van der Waals surface area contributed by atoms with Gasteiger partial charge in [0.2, 0.25) is 5.91 Å². The Kier molecular flexibility index (Phi) is 2.33. The number of carbonyl (C=O) groups excluding carboxylic acids is 1. The van der Waals surface area contributed by atoms with E-state index in [1.165, 1.54) is 0 Å². The van der Waals surface area contributed by atoms with Gasteiger partial charge in [0.15, 0.2) is 0 Å². The van der Waals surface area contributed by atoms with Crippen LogP contribution in [0.25, 0.3) is 11.0 Å². The van der Waals surface area contributed by atoms with Crippen molar-refractivity contribution in [3.63, 3.8) is 0 Å². The number of β-amino-alcohol motifs (C(OH)–C–C–N with tert-alkyl or cyclic N) is 1. The Labute approximate surface area is 98.1 Å². The highest BCUT2D eigenvalue weighted by Crippen LogP contribution is 2.20. The number of aromatic amines is 1. The molecular weight excluding hydrogens is 218 g/mol. The molecule has 0 bridgehead atoms. The number of fused-ring (bicyclic) bond motifs is 1. The molecule has 0 radical (unpaired) electrons. The summed E-state index contributed by atoms with van der Waals surface area (Å²) >= 11 is 0. The number of carbonyl (C=O) groups is 1. The van der Waals surface area contributed by atoms with Crippen LogP contribution in [0.4, 0.5) is 0 Å². The molecule has 2 aromatic heterocycles. The lowest BCUT2D eigenvalue weighted by atomic mass is 10.2. The molecule has 1 fully saturated rings. The first-order valence-electron chi connectivity index (χ1n) is 5.61. The quantitative estimate of drug-likeness (QED) is 0.797. The summed E-state index contributed by atoms with van der Waals surface area (Å²) in [5, 5.41) is 10.5. The molecule has 1 atom stereocenters.